The van der Waals surface area contributed by atoms with Crippen molar-refractivity contribution in [1.29, 1.82) is 0 Å². The Morgan fingerprint density at radius 1 is 1.30 bits per heavy atom. The highest BCUT2D eigenvalue weighted by Crippen LogP contribution is 2.34. The Balaban J connectivity index is 1.54. The van der Waals surface area contributed by atoms with Crippen LogP contribution in [0.3, 0.4) is 0 Å². The lowest BCUT2D eigenvalue weighted by atomic mass is 10.2. The second kappa shape index (κ2) is 6.05. The van der Waals surface area contributed by atoms with Crippen LogP contribution < -0.4 is 10.9 Å². The maximum atomic E-state index is 12.7. The maximum Gasteiger partial charge on any atom is 0.262 e. The van der Waals surface area contributed by atoms with E-state index in [0.717, 1.165) is 55.7 Å². The van der Waals surface area contributed by atoms with E-state index in [9.17, 15) is 9.59 Å². The number of carbonyl (C=O) groups is 1. The van der Waals surface area contributed by atoms with Crippen LogP contribution in [0.4, 0.5) is 0 Å². The summed E-state index contributed by atoms with van der Waals surface area (Å²) in [6, 6.07) is 0. The van der Waals surface area contributed by atoms with Gasteiger partial charge in [0.25, 0.3) is 5.56 Å². The topological polar surface area (TPSA) is 67.2 Å². The van der Waals surface area contributed by atoms with E-state index in [-0.39, 0.29) is 11.5 Å². The minimum Gasteiger partial charge on any atom is -0.340 e. The highest BCUT2D eigenvalue weighted by atomic mass is 32.1. The third-order valence-electron chi connectivity index (χ3n) is 4.73. The number of rotatable bonds is 3. The number of aryl methyl sites for hydroxylation is 3. The molecule has 6 nitrogen and oxygen atoms in total. The number of nitrogens with zero attached hydrogens (tertiary/aromatic N) is 3. The molecular formula is C16H20N4O2S. The van der Waals surface area contributed by atoms with Crippen molar-refractivity contribution in [3.63, 3.8) is 0 Å². The van der Waals surface area contributed by atoms with Crippen molar-refractivity contribution in [2.45, 2.75) is 32.2 Å². The van der Waals surface area contributed by atoms with Crippen LogP contribution in [0, 0.1) is 0 Å². The minimum absolute atomic E-state index is 0.0162. The lowest BCUT2D eigenvalue weighted by Crippen LogP contribution is -2.46. The van der Waals surface area contributed by atoms with E-state index in [0.29, 0.717) is 13.0 Å². The predicted octanol–water partition coefficient (Wildman–Crippen LogP) is 0.769. The molecule has 0 bridgehead atoms. The van der Waals surface area contributed by atoms with Crippen LogP contribution in [0.25, 0.3) is 10.2 Å². The van der Waals surface area contributed by atoms with Gasteiger partial charge in [-0.1, -0.05) is 0 Å². The van der Waals surface area contributed by atoms with Crippen molar-refractivity contribution in [2.75, 3.05) is 26.2 Å². The normalized spacial score (nSPS) is 17.7. The number of hydrogen-bond acceptors (Lipinski definition) is 5. The van der Waals surface area contributed by atoms with Gasteiger partial charge in [0, 0.05) is 44.0 Å². The third kappa shape index (κ3) is 2.68. The molecule has 0 unspecified atom stereocenters. The van der Waals surface area contributed by atoms with E-state index < -0.39 is 0 Å². The Morgan fingerprint density at radius 2 is 2.13 bits per heavy atom. The van der Waals surface area contributed by atoms with E-state index >= 15 is 0 Å². The highest BCUT2D eigenvalue weighted by Gasteiger charge is 2.22. The Kier molecular flexibility index (Phi) is 3.90. The van der Waals surface area contributed by atoms with Crippen molar-refractivity contribution in [3.05, 3.63) is 27.1 Å². The zero-order valence-corrected chi connectivity index (χ0v) is 13.8. The average Bonchev–Trinajstić information content (AvgIpc) is 3.15. The fourth-order valence-corrected chi connectivity index (χ4v) is 4.69. The molecule has 2 aromatic heterocycles. The van der Waals surface area contributed by atoms with Crippen LogP contribution in [-0.4, -0.2) is 46.5 Å². The molecule has 1 aliphatic carbocycles. The molecule has 0 radical (unpaired) electrons. The summed E-state index contributed by atoms with van der Waals surface area (Å²) in [5.74, 6) is 0.119. The quantitative estimate of drug-likeness (QED) is 0.901. The second-order valence-electron chi connectivity index (χ2n) is 6.16. The first-order valence-electron chi connectivity index (χ1n) is 8.22. The van der Waals surface area contributed by atoms with Crippen LogP contribution in [-0.2, 0) is 24.2 Å². The van der Waals surface area contributed by atoms with E-state index in [1.165, 1.54) is 10.4 Å². The zero-order chi connectivity index (χ0) is 15.8. The average molecular weight is 332 g/mol. The fraction of sp³-hybridized carbons (Fsp3) is 0.562. The van der Waals surface area contributed by atoms with Gasteiger partial charge in [-0.05, 0) is 24.8 Å². The highest BCUT2D eigenvalue weighted by molar-refractivity contribution is 7.18. The summed E-state index contributed by atoms with van der Waals surface area (Å²) in [4.78, 5) is 33.5. The van der Waals surface area contributed by atoms with E-state index in [1.807, 2.05) is 4.90 Å². The number of piperazine rings is 1. The SMILES string of the molecule is O=C(CCn1cnc2sc3c(c2c1=O)CCC3)N1CCNCC1. The Labute approximate surface area is 138 Å². The number of carbonyl (C=O) groups excluding carboxylic acids is 1. The van der Waals surface area contributed by atoms with Crippen molar-refractivity contribution < 1.29 is 4.79 Å². The lowest BCUT2D eigenvalue weighted by molar-refractivity contribution is -0.132. The molecule has 1 N–H and O–H groups in total. The van der Waals surface area contributed by atoms with Gasteiger partial charge in [0.1, 0.15) is 4.83 Å². The summed E-state index contributed by atoms with van der Waals surface area (Å²) in [7, 11) is 0. The van der Waals surface area contributed by atoms with Crippen LogP contribution in [0.1, 0.15) is 23.3 Å². The standard InChI is InChI=1S/C16H20N4O2S/c21-13(19-8-5-17-6-9-19)4-7-20-10-18-15-14(16(20)22)11-2-1-3-12(11)23-15/h10,17H,1-9H2. The summed E-state index contributed by atoms with van der Waals surface area (Å²) in [6.45, 7) is 3.61. The van der Waals surface area contributed by atoms with Gasteiger partial charge in [0.2, 0.25) is 5.91 Å². The number of nitrogens with one attached hydrogen (secondary N) is 1. The lowest BCUT2D eigenvalue weighted by Gasteiger charge is -2.27. The summed E-state index contributed by atoms with van der Waals surface area (Å²) in [6.07, 6.45) is 5.14. The molecule has 0 saturated carbocycles. The molecule has 7 heteroatoms. The van der Waals surface area contributed by atoms with Crippen molar-refractivity contribution in [1.82, 2.24) is 19.8 Å². The number of aromatic nitrogens is 2. The van der Waals surface area contributed by atoms with Gasteiger partial charge in [-0.15, -0.1) is 11.3 Å². The molecule has 1 amide bonds. The monoisotopic (exact) mass is 332 g/mol. The zero-order valence-electron chi connectivity index (χ0n) is 13.0. The summed E-state index contributed by atoms with van der Waals surface area (Å²) >= 11 is 1.65. The van der Waals surface area contributed by atoms with Gasteiger partial charge in [0.15, 0.2) is 0 Å². The molecule has 2 aliphatic rings. The first-order chi connectivity index (χ1) is 11.2. The molecule has 122 valence electrons. The van der Waals surface area contributed by atoms with Gasteiger partial charge in [-0.3, -0.25) is 14.2 Å². The Bertz CT molecular complexity index is 804. The van der Waals surface area contributed by atoms with E-state index in [1.54, 1.807) is 22.2 Å². The molecule has 0 aromatic carbocycles. The molecule has 0 spiro atoms. The van der Waals surface area contributed by atoms with Gasteiger partial charge >= 0.3 is 0 Å². The summed E-state index contributed by atoms with van der Waals surface area (Å²) in [5.41, 5.74) is 1.22. The Hall–Kier alpha value is -1.73. The molecule has 1 saturated heterocycles. The maximum absolute atomic E-state index is 12.7. The molecule has 0 atom stereocenters. The molecule has 4 rings (SSSR count). The van der Waals surface area contributed by atoms with Gasteiger partial charge in [-0.25, -0.2) is 4.98 Å². The van der Waals surface area contributed by atoms with Crippen molar-refractivity contribution in [2.24, 2.45) is 0 Å². The molecule has 1 fully saturated rings. The molecule has 23 heavy (non-hydrogen) atoms. The van der Waals surface area contributed by atoms with Crippen LogP contribution in [0.5, 0.6) is 0 Å². The second-order valence-corrected chi connectivity index (χ2v) is 7.25. The Morgan fingerprint density at radius 3 is 2.96 bits per heavy atom. The van der Waals surface area contributed by atoms with Gasteiger partial charge in [-0.2, -0.15) is 0 Å². The number of thiophene rings is 1. The fourth-order valence-electron chi connectivity index (χ4n) is 3.47. The van der Waals surface area contributed by atoms with Crippen LogP contribution >= 0.6 is 11.3 Å². The first-order valence-corrected chi connectivity index (χ1v) is 9.04. The van der Waals surface area contributed by atoms with Crippen LogP contribution in [0.15, 0.2) is 11.1 Å². The van der Waals surface area contributed by atoms with Crippen LogP contribution in [0.2, 0.25) is 0 Å². The largest absolute Gasteiger partial charge is 0.340 e. The smallest absolute Gasteiger partial charge is 0.262 e. The number of amides is 1. The molecule has 1 aliphatic heterocycles. The molecule has 3 heterocycles. The summed E-state index contributed by atoms with van der Waals surface area (Å²) < 4.78 is 1.60. The van der Waals surface area contributed by atoms with Gasteiger partial charge < -0.3 is 10.2 Å². The van der Waals surface area contributed by atoms with E-state index in [2.05, 4.69) is 10.3 Å². The van der Waals surface area contributed by atoms with Crippen molar-refractivity contribution >= 4 is 27.5 Å². The minimum atomic E-state index is 0.0162. The van der Waals surface area contributed by atoms with Gasteiger partial charge in [0.05, 0.1) is 11.7 Å². The van der Waals surface area contributed by atoms with Crippen molar-refractivity contribution in [3.8, 4) is 0 Å². The first kappa shape index (κ1) is 14.8. The summed E-state index contributed by atoms with van der Waals surface area (Å²) in [5, 5.41) is 4.03. The molecule has 2 aromatic rings. The third-order valence-corrected chi connectivity index (χ3v) is 5.93. The van der Waals surface area contributed by atoms with E-state index in [4.69, 9.17) is 0 Å². The number of hydrogen-bond donors (Lipinski definition) is 1. The predicted molar refractivity (Wildman–Crippen MR) is 90.0 cm³/mol. The molecular weight excluding hydrogens is 312 g/mol. The number of fused-ring (bicyclic) bond motifs is 3.